The van der Waals surface area contributed by atoms with Crippen molar-refractivity contribution >= 4 is 11.7 Å². The Hall–Kier alpha value is -1.62. The van der Waals surface area contributed by atoms with E-state index >= 15 is 0 Å². The summed E-state index contributed by atoms with van der Waals surface area (Å²) in [6.45, 7) is 5.41. The summed E-state index contributed by atoms with van der Waals surface area (Å²) in [4.78, 5) is 28.8. The number of aryl methyl sites for hydroxylation is 1. The van der Waals surface area contributed by atoms with E-state index in [1.807, 2.05) is 0 Å². The molecule has 1 amide bonds. The third-order valence-corrected chi connectivity index (χ3v) is 4.42. The van der Waals surface area contributed by atoms with E-state index in [-0.39, 0.29) is 11.7 Å². The molecule has 0 saturated heterocycles. The largest absolute Gasteiger partial charge is 0.388 e. The molecule has 1 heterocycles. The standard InChI is InChI=1S/C16H24N2O3/c1-10-13(12(3)19)11(2)17-14(10)15(20)18(4)9-16(21)7-5-6-8-16/h17,21H,5-9H2,1-4H3. The van der Waals surface area contributed by atoms with Gasteiger partial charge in [0.2, 0.25) is 0 Å². The van der Waals surface area contributed by atoms with Crippen LogP contribution in [0, 0.1) is 13.8 Å². The van der Waals surface area contributed by atoms with Crippen LogP contribution < -0.4 is 0 Å². The Morgan fingerprint density at radius 3 is 2.33 bits per heavy atom. The Morgan fingerprint density at radius 2 is 1.86 bits per heavy atom. The van der Waals surface area contributed by atoms with Gasteiger partial charge in [-0.25, -0.2) is 0 Å². The molecule has 1 aromatic rings. The van der Waals surface area contributed by atoms with Crippen LogP contribution in [0.2, 0.25) is 0 Å². The molecule has 1 fully saturated rings. The second kappa shape index (κ2) is 5.64. The van der Waals surface area contributed by atoms with Crippen molar-refractivity contribution in [2.45, 2.75) is 52.1 Å². The first-order valence-corrected chi connectivity index (χ1v) is 7.43. The molecule has 1 aromatic heterocycles. The summed E-state index contributed by atoms with van der Waals surface area (Å²) in [6, 6.07) is 0. The summed E-state index contributed by atoms with van der Waals surface area (Å²) in [7, 11) is 1.70. The minimum absolute atomic E-state index is 0.0441. The van der Waals surface area contributed by atoms with Crippen molar-refractivity contribution in [2.24, 2.45) is 0 Å². The maximum absolute atomic E-state index is 12.6. The van der Waals surface area contributed by atoms with Crippen LogP contribution in [0.3, 0.4) is 0 Å². The van der Waals surface area contributed by atoms with E-state index in [9.17, 15) is 14.7 Å². The van der Waals surface area contributed by atoms with Crippen LogP contribution in [0.25, 0.3) is 0 Å². The fourth-order valence-corrected chi connectivity index (χ4v) is 3.39. The summed E-state index contributed by atoms with van der Waals surface area (Å²) in [5.74, 6) is -0.221. The number of hydrogen-bond donors (Lipinski definition) is 2. The van der Waals surface area contributed by atoms with Crippen molar-refractivity contribution in [1.82, 2.24) is 9.88 Å². The van der Waals surface area contributed by atoms with Gasteiger partial charge >= 0.3 is 0 Å². The predicted molar refractivity (Wildman–Crippen MR) is 80.6 cm³/mol. The van der Waals surface area contributed by atoms with Crippen LogP contribution in [0.5, 0.6) is 0 Å². The van der Waals surface area contributed by atoms with E-state index in [2.05, 4.69) is 4.98 Å². The van der Waals surface area contributed by atoms with Gasteiger partial charge in [-0.1, -0.05) is 12.8 Å². The lowest BCUT2D eigenvalue weighted by Crippen LogP contribution is -2.42. The second-order valence-corrected chi connectivity index (χ2v) is 6.27. The number of aromatic nitrogens is 1. The summed E-state index contributed by atoms with van der Waals surface area (Å²) in [5, 5.41) is 10.4. The fraction of sp³-hybridized carbons (Fsp3) is 0.625. The number of rotatable bonds is 4. The van der Waals surface area contributed by atoms with Gasteiger partial charge in [0.05, 0.1) is 5.60 Å². The van der Waals surface area contributed by atoms with Crippen molar-refractivity contribution in [3.05, 3.63) is 22.5 Å². The molecule has 0 bridgehead atoms. The number of aromatic amines is 1. The molecule has 2 rings (SSSR count). The lowest BCUT2D eigenvalue weighted by molar-refractivity contribution is 0.0154. The predicted octanol–water partition coefficient (Wildman–Crippen LogP) is 2.21. The van der Waals surface area contributed by atoms with Crippen LogP contribution in [-0.4, -0.2) is 45.9 Å². The number of ketones is 1. The zero-order valence-corrected chi connectivity index (χ0v) is 13.2. The zero-order chi connectivity index (χ0) is 15.8. The molecule has 0 aromatic carbocycles. The number of carbonyl (C=O) groups is 2. The van der Waals surface area contributed by atoms with Gasteiger partial charge in [0.15, 0.2) is 5.78 Å². The molecular formula is C16H24N2O3. The average molecular weight is 292 g/mol. The minimum atomic E-state index is -0.761. The monoisotopic (exact) mass is 292 g/mol. The Morgan fingerprint density at radius 1 is 1.29 bits per heavy atom. The highest BCUT2D eigenvalue weighted by Gasteiger charge is 2.34. The van der Waals surface area contributed by atoms with Gasteiger partial charge in [0.25, 0.3) is 5.91 Å². The molecule has 5 heteroatoms. The Kier molecular flexibility index (Phi) is 4.23. The first-order valence-electron chi connectivity index (χ1n) is 7.43. The van der Waals surface area contributed by atoms with Crippen molar-refractivity contribution in [3.8, 4) is 0 Å². The number of likely N-dealkylation sites (N-methyl/N-ethyl adjacent to an activating group) is 1. The molecule has 0 radical (unpaired) electrons. The normalized spacial score (nSPS) is 17.0. The third kappa shape index (κ3) is 3.02. The lowest BCUT2D eigenvalue weighted by atomic mass is 10.0. The fourth-order valence-electron chi connectivity index (χ4n) is 3.39. The average Bonchev–Trinajstić information content (AvgIpc) is 2.92. The number of aliphatic hydroxyl groups is 1. The molecule has 1 saturated carbocycles. The number of nitrogens with one attached hydrogen (secondary N) is 1. The maximum Gasteiger partial charge on any atom is 0.270 e. The zero-order valence-electron chi connectivity index (χ0n) is 13.2. The van der Waals surface area contributed by atoms with Crippen LogP contribution in [0.4, 0.5) is 0 Å². The highest BCUT2D eigenvalue weighted by Crippen LogP contribution is 2.30. The molecule has 0 aliphatic heterocycles. The SMILES string of the molecule is CC(=O)c1c(C)[nH]c(C(=O)N(C)CC2(O)CCCC2)c1C. The number of H-pyrrole nitrogens is 1. The van der Waals surface area contributed by atoms with E-state index in [0.29, 0.717) is 23.4 Å². The van der Waals surface area contributed by atoms with Crippen LogP contribution in [0.15, 0.2) is 0 Å². The number of amides is 1. The summed E-state index contributed by atoms with van der Waals surface area (Å²) < 4.78 is 0. The first kappa shape index (κ1) is 15.8. The Balaban J connectivity index is 2.20. The molecule has 0 atom stereocenters. The van der Waals surface area contributed by atoms with Gasteiger partial charge < -0.3 is 15.0 Å². The molecule has 0 spiro atoms. The number of carbonyl (C=O) groups excluding carboxylic acids is 2. The molecule has 1 aliphatic carbocycles. The van der Waals surface area contributed by atoms with Gasteiger partial charge in [-0.3, -0.25) is 9.59 Å². The van der Waals surface area contributed by atoms with Gasteiger partial charge in [0, 0.05) is 24.8 Å². The quantitative estimate of drug-likeness (QED) is 0.836. The summed E-state index contributed by atoms with van der Waals surface area (Å²) in [5.41, 5.74) is 1.68. The summed E-state index contributed by atoms with van der Waals surface area (Å²) in [6.07, 6.45) is 3.50. The van der Waals surface area contributed by atoms with Gasteiger partial charge in [0.1, 0.15) is 5.69 Å². The highest BCUT2D eigenvalue weighted by molar-refractivity contribution is 6.02. The lowest BCUT2D eigenvalue weighted by Gasteiger charge is -2.28. The highest BCUT2D eigenvalue weighted by atomic mass is 16.3. The molecule has 2 N–H and O–H groups in total. The maximum atomic E-state index is 12.6. The molecule has 1 aliphatic rings. The van der Waals surface area contributed by atoms with E-state index < -0.39 is 5.60 Å². The molecule has 116 valence electrons. The molecular weight excluding hydrogens is 268 g/mol. The topological polar surface area (TPSA) is 73.4 Å². The van der Waals surface area contributed by atoms with Crippen molar-refractivity contribution < 1.29 is 14.7 Å². The summed E-state index contributed by atoms with van der Waals surface area (Å²) >= 11 is 0. The second-order valence-electron chi connectivity index (χ2n) is 6.27. The van der Waals surface area contributed by atoms with Crippen LogP contribution in [0.1, 0.15) is 64.7 Å². The third-order valence-electron chi connectivity index (χ3n) is 4.42. The van der Waals surface area contributed by atoms with Crippen molar-refractivity contribution in [1.29, 1.82) is 0 Å². The van der Waals surface area contributed by atoms with E-state index in [4.69, 9.17) is 0 Å². The first-order chi connectivity index (χ1) is 9.75. The minimum Gasteiger partial charge on any atom is -0.388 e. The number of Topliss-reactive ketones (excluding diaryl/α,β-unsaturated/α-hetero) is 1. The van der Waals surface area contributed by atoms with Gasteiger partial charge in [-0.2, -0.15) is 0 Å². The van der Waals surface area contributed by atoms with Gasteiger partial charge in [-0.05, 0) is 39.2 Å². The van der Waals surface area contributed by atoms with E-state index in [1.54, 1.807) is 25.8 Å². The van der Waals surface area contributed by atoms with Crippen molar-refractivity contribution in [2.75, 3.05) is 13.6 Å². The van der Waals surface area contributed by atoms with E-state index in [0.717, 1.165) is 31.4 Å². The number of hydrogen-bond acceptors (Lipinski definition) is 3. The molecule has 0 unspecified atom stereocenters. The van der Waals surface area contributed by atoms with Crippen LogP contribution in [-0.2, 0) is 0 Å². The number of nitrogens with zero attached hydrogens (tertiary/aromatic N) is 1. The smallest absolute Gasteiger partial charge is 0.270 e. The van der Waals surface area contributed by atoms with Crippen LogP contribution >= 0.6 is 0 Å². The molecule has 5 nitrogen and oxygen atoms in total. The van der Waals surface area contributed by atoms with Crippen molar-refractivity contribution in [3.63, 3.8) is 0 Å². The van der Waals surface area contributed by atoms with Gasteiger partial charge in [-0.15, -0.1) is 0 Å². The Labute approximate surface area is 125 Å². The van der Waals surface area contributed by atoms with E-state index in [1.165, 1.54) is 6.92 Å². The molecule has 21 heavy (non-hydrogen) atoms. The Bertz CT molecular complexity index is 568.